The Morgan fingerprint density at radius 2 is 2.33 bits per heavy atom. The molecule has 0 radical (unpaired) electrons. The molecule has 1 aliphatic heterocycles. The molecule has 0 saturated carbocycles. The van der Waals surface area contributed by atoms with Crippen LogP contribution < -0.4 is 0 Å². The molecule has 1 saturated heterocycles. The second-order valence-electron chi connectivity index (χ2n) is 2.76. The van der Waals surface area contributed by atoms with Crippen LogP contribution in [0, 0.1) is 5.92 Å². The highest BCUT2D eigenvalue weighted by atomic mass is 16.5. The van der Waals surface area contributed by atoms with Gasteiger partial charge < -0.3 is 9.84 Å². The Labute approximate surface area is 55.8 Å². The highest BCUT2D eigenvalue weighted by molar-refractivity contribution is 4.66. The molecule has 9 heavy (non-hydrogen) atoms. The Morgan fingerprint density at radius 3 is 3.11 bits per heavy atom. The first-order valence-corrected chi connectivity index (χ1v) is 3.56. The highest BCUT2D eigenvalue weighted by Gasteiger charge is 2.16. The number of rotatable bonds is 0. The third-order valence-corrected chi connectivity index (χ3v) is 1.89. The molecule has 0 aromatic carbocycles. The highest BCUT2D eigenvalue weighted by Crippen LogP contribution is 2.14. The molecule has 0 aromatic rings. The predicted molar refractivity (Wildman–Crippen MR) is 35.2 cm³/mol. The third-order valence-electron chi connectivity index (χ3n) is 1.89. The summed E-state index contributed by atoms with van der Waals surface area (Å²) in [7, 11) is 0. The van der Waals surface area contributed by atoms with Gasteiger partial charge >= 0.3 is 0 Å². The van der Waals surface area contributed by atoms with Crippen LogP contribution in [-0.2, 0) is 4.74 Å². The first-order valence-electron chi connectivity index (χ1n) is 3.56. The topological polar surface area (TPSA) is 29.5 Å². The van der Waals surface area contributed by atoms with Crippen LogP contribution in [0.5, 0.6) is 0 Å². The van der Waals surface area contributed by atoms with Gasteiger partial charge in [-0.3, -0.25) is 0 Å². The molecule has 2 heteroatoms. The maximum Gasteiger partial charge on any atom is 0.0799 e. The molecule has 0 amide bonds. The fraction of sp³-hybridized carbons (Fsp3) is 1.00. The lowest BCUT2D eigenvalue weighted by atomic mass is 10.0. The Balaban J connectivity index is 2.32. The van der Waals surface area contributed by atoms with E-state index in [0.29, 0.717) is 12.5 Å². The van der Waals surface area contributed by atoms with Gasteiger partial charge in [-0.15, -0.1) is 0 Å². The molecular weight excluding hydrogens is 116 g/mol. The van der Waals surface area contributed by atoms with Gasteiger partial charge in [0.2, 0.25) is 0 Å². The molecule has 0 aromatic heterocycles. The fourth-order valence-corrected chi connectivity index (χ4v) is 1.07. The van der Waals surface area contributed by atoms with Crippen LogP contribution in [0.3, 0.4) is 0 Å². The zero-order valence-electron chi connectivity index (χ0n) is 5.84. The van der Waals surface area contributed by atoms with Gasteiger partial charge in [0.25, 0.3) is 0 Å². The minimum Gasteiger partial charge on any atom is -0.390 e. The molecule has 0 bridgehead atoms. The maximum atomic E-state index is 9.23. The van der Waals surface area contributed by atoms with Crippen molar-refractivity contribution >= 4 is 0 Å². The quantitative estimate of drug-likeness (QED) is 0.525. The first kappa shape index (κ1) is 7.03. The summed E-state index contributed by atoms with van der Waals surface area (Å²) in [6.45, 7) is 3.42. The van der Waals surface area contributed by atoms with E-state index in [2.05, 4.69) is 6.92 Å². The lowest BCUT2D eigenvalue weighted by Gasteiger charge is -2.12. The van der Waals surface area contributed by atoms with Crippen LogP contribution in [0.15, 0.2) is 0 Å². The lowest BCUT2D eigenvalue weighted by molar-refractivity contribution is 0.0311. The van der Waals surface area contributed by atoms with Gasteiger partial charge in [0.05, 0.1) is 12.7 Å². The van der Waals surface area contributed by atoms with Crippen molar-refractivity contribution < 1.29 is 9.84 Å². The van der Waals surface area contributed by atoms with E-state index in [-0.39, 0.29) is 6.10 Å². The summed E-state index contributed by atoms with van der Waals surface area (Å²) >= 11 is 0. The molecular formula is C7H14O2. The van der Waals surface area contributed by atoms with Gasteiger partial charge in [0.15, 0.2) is 0 Å². The van der Waals surface area contributed by atoms with Crippen molar-refractivity contribution in [2.75, 3.05) is 13.2 Å². The summed E-state index contributed by atoms with van der Waals surface area (Å²) in [6, 6.07) is 0. The van der Waals surface area contributed by atoms with E-state index in [1.807, 2.05) is 0 Å². The predicted octanol–water partition coefficient (Wildman–Crippen LogP) is 0.794. The van der Waals surface area contributed by atoms with E-state index >= 15 is 0 Å². The van der Waals surface area contributed by atoms with E-state index in [9.17, 15) is 5.11 Å². The van der Waals surface area contributed by atoms with Gasteiger partial charge in [-0.25, -0.2) is 0 Å². The van der Waals surface area contributed by atoms with E-state index in [4.69, 9.17) is 4.74 Å². The van der Waals surface area contributed by atoms with Crippen LogP contribution >= 0.6 is 0 Å². The molecule has 0 unspecified atom stereocenters. The van der Waals surface area contributed by atoms with Crippen molar-refractivity contribution in [2.24, 2.45) is 5.92 Å². The number of ether oxygens (including phenoxy) is 1. The molecule has 1 aliphatic rings. The van der Waals surface area contributed by atoms with Crippen LogP contribution in [0.4, 0.5) is 0 Å². The van der Waals surface area contributed by atoms with Crippen molar-refractivity contribution in [3.63, 3.8) is 0 Å². The molecule has 2 nitrogen and oxygen atoms in total. The zero-order chi connectivity index (χ0) is 6.69. The second-order valence-corrected chi connectivity index (χ2v) is 2.76. The summed E-state index contributed by atoms with van der Waals surface area (Å²) in [5.74, 6) is 0.424. The molecule has 1 rings (SSSR count). The molecule has 0 spiro atoms. The van der Waals surface area contributed by atoms with Crippen molar-refractivity contribution in [3.8, 4) is 0 Å². The summed E-state index contributed by atoms with van der Waals surface area (Å²) in [5, 5.41) is 9.23. The second kappa shape index (κ2) is 3.18. The smallest absolute Gasteiger partial charge is 0.0799 e. The number of aliphatic hydroxyl groups excluding tert-OH is 1. The monoisotopic (exact) mass is 130 g/mol. The summed E-state index contributed by atoms with van der Waals surface area (Å²) in [6.07, 6.45) is 1.96. The molecule has 1 N–H and O–H groups in total. The van der Waals surface area contributed by atoms with Gasteiger partial charge in [0.1, 0.15) is 0 Å². The van der Waals surface area contributed by atoms with Crippen LogP contribution in [-0.4, -0.2) is 24.4 Å². The average Bonchev–Trinajstić information content (AvgIpc) is 1.99. The van der Waals surface area contributed by atoms with Crippen LogP contribution in [0.25, 0.3) is 0 Å². The standard InChI is InChI=1S/C7H14O2/c1-6-3-2-4-9-5-7(6)8/h6-8H,2-5H2,1H3/t6-,7+/m1/s1. The van der Waals surface area contributed by atoms with Crippen LogP contribution in [0.2, 0.25) is 0 Å². The maximum absolute atomic E-state index is 9.23. The normalized spacial score (nSPS) is 38.0. The van der Waals surface area contributed by atoms with Gasteiger partial charge in [-0.05, 0) is 18.8 Å². The molecule has 0 aliphatic carbocycles. The van der Waals surface area contributed by atoms with E-state index in [1.54, 1.807) is 0 Å². The van der Waals surface area contributed by atoms with E-state index < -0.39 is 0 Å². The van der Waals surface area contributed by atoms with Crippen molar-refractivity contribution in [3.05, 3.63) is 0 Å². The summed E-state index contributed by atoms with van der Waals surface area (Å²) in [5.41, 5.74) is 0. The molecule has 1 heterocycles. The fourth-order valence-electron chi connectivity index (χ4n) is 1.07. The van der Waals surface area contributed by atoms with Gasteiger partial charge in [-0.2, -0.15) is 0 Å². The lowest BCUT2D eigenvalue weighted by Crippen LogP contribution is -2.20. The summed E-state index contributed by atoms with van der Waals surface area (Å²) < 4.78 is 5.13. The molecule has 1 fully saturated rings. The first-order chi connectivity index (χ1) is 4.30. The minimum absolute atomic E-state index is 0.229. The Hall–Kier alpha value is -0.0800. The van der Waals surface area contributed by atoms with Crippen LogP contribution in [0.1, 0.15) is 19.8 Å². The Morgan fingerprint density at radius 1 is 1.56 bits per heavy atom. The molecule has 2 atom stereocenters. The van der Waals surface area contributed by atoms with Crippen molar-refractivity contribution in [1.82, 2.24) is 0 Å². The van der Waals surface area contributed by atoms with E-state index in [0.717, 1.165) is 19.4 Å². The SMILES string of the molecule is C[C@@H]1CCCOC[C@@H]1O. The average molecular weight is 130 g/mol. The van der Waals surface area contributed by atoms with Crippen molar-refractivity contribution in [2.45, 2.75) is 25.9 Å². The number of aliphatic hydroxyl groups is 1. The third kappa shape index (κ3) is 1.95. The molecule has 54 valence electrons. The Bertz CT molecular complexity index is 73.0. The number of hydrogen-bond donors (Lipinski definition) is 1. The minimum atomic E-state index is -0.229. The Kier molecular flexibility index (Phi) is 2.49. The number of hydrogen-bond acceptors (Lipinski definition) is 2. The van der Waals surface area contributed by atoms with Crippen molar-refractivity contribution in [1.29, 1.82) is 0 Å². The zero-order valence-corrected chi connectivity index (χ0v) is 5.84. The van der Waals surface area contributed by atoms with Gasteiger partial charge in [0, 0.05) is 6.61 Å². The van der Waals surface area contributed by atoms with Gasteiger partial charge in [-0.1, -0.05) is 6.92 Å². The summed E-state index contributed by atoms with van der Waals surface area (Å²) in [4.78, 5) is 0. The van der Waals surface area contributed by atoms with E-state index in [1.165, 1.54) is 0 Å². The largest absolute Gasteiger partial charge is 0.390 e.